The molecule has 1 saturated heterocycles. The van der Waals surface area contributed by atoms with Crippen molar-refractivity contribution in [3.63, 3.8) is 0 Å². The van der Waals surface area contributed by atoms with Gasteiger partial charge in [0, 0.05) is 22.6 Å². The minimum Gasteiger partial charge on any atom is -0.480 e. The Morgan fingerprint density at radius 1 is 1.50 bits per heavy atom. The first kappa shape index (κ1) is 14.8. The van der Waals surface area contributed by atoms with Crippen molar-refractivity contribution in [2.24, 2.45) is 0 Å². The number of nitro benzene ring substituents is 1. The SMILES string of the molecule is Cc1cc(N2CCCCC2C(=O)O)c(Br)cc1[N+](=O)[O-]. The quantitative estimate of drug-likeness (QED) is 0.673. The third-order valence-electron chi connectivity index (χ3n) is 3.56. The summed E-state index contributed by atoms with van der Waals surface area (Å²) in [6.07, 6.45) is 2.40. The molecule has 0 radical (unpaired) electrons. The Hall–Kier alpha value is -1.63. The number of carboxylic acid groups (broad SMARTS) is 1. The maximum Gasteiger partial charge on any atom is 0.326 e. The van der Waals surface area contributed by atoms with Gasteiger partial charge in [-0.05, 0) is 48.2 Å². The first-order valence-electron chi connectivity index (χ1n) is 6.36. The maximum atomic E-state index is 11.3. The van der Waals surface area contributed by atoms with Crippen LogP contribution < -0.4 is 4.90 Å². The smallest absolute Gasteiger partial charge is 0.326 e. The molecule has 108 valence electrons. The summed E-state index contributed by atoms with van der Waals surface area (Å²) in [5.74, 6) is -0.854. The van der Waals surface area contributed by atoms with Gasteiger partial charge in [0.05, 0.1) is 10.6 Å². The molecule has 0 spiro atoms. The van der Waals surface area contributed by atoms with Crippen molar-refractivity contribution in [1.29, 1.82) is 0 Å². The van der Waals surface area contributed by atoms with E-state index in [-0.39, 0.29) is 5.69 Å². The number of hydrogen-bond acceptors (Lipinski definition) is 4. The summed E-state index contributed by atoms with van der Waals surface area (Å²) >= 11 is 3.32. The Morgan fingerprint density at radius 3 is 2.80 bits per heavy atom. The lowest BCUT2D eigenvalue weighted by Crippen LogP contribution is -2.45. The van der Waals surface area contributed by atoms with Crippen LogP contribution in [0.5, 0.6) is 0 Å². The van der Waals surface area contributed by atoms with Crippen LogP contribution in [0.2, 0.25) is 0 Å². The Bertz CT molecular complexity index is 562. The number of benzene rings is 1. The molecule has 1 N–H and O–H groups in total. The van der Waals surface area contributed by atoms with Crippen LogP contribution >= 0.6 is 15.9 Å². The van der Waals surface area contributed by atoms with E-state index in [0.717, 1.165) is 12.8 Å². The summed E-state index contributed by atoms with van der Waals surface area (Å²) < 4.78 is 0.558. The average molecular weight is 343 g/mol. The Balaban J connectivity index is 2.43. The maximum absolute atomic E-state index is 11.3. The summed E-state index contributed by atoms with van der Waals surface area (Å²) in [6.45, 7) is 2.31. The van der Waals surface area contributed by atoms with Gasteiger partial charge in [-0.25, -0.2) is 4.79 Å². The van der Waals surface area contributed by atoms with Crippen molar-refractivity contribution in [2.75, 3.05) is 11.4 Å². The summed E-state index contributed by atoms with van der Waals surface area (Å²) in [5.41, 5.74) is 1.27. The first-order valence-corrected chi connectivity index (χ1v) is 7.15. The van der Waals surface area contributed by atoms with Gasteiger partial charge in [0.2, 0.25) is 0 Å². The third-order valence-corrected chi connectivity index (χ3v) is 4.19. The summed E-state index contributed by atoms with van der Waals surface area (Å²) in [7, 11) is 0. The van der Waals surface area contributed by atoms with E-state index in [9.17, 15) is 20.0 Å². The van der Waals surface area contributed by atoms with Crippen molar-refractivity contribution in [3.05, 3.63) is 32.3 Å². The van der Waals surface area contributed by atoms with Crippen LogP contribution in [0.3, 0.4) is 0 Å². The zero-order valence-electron chi connectivity index (χ0n) is 11.0. The number of anilines is 1. The monoisotopic (exact) mass is 342 g/mol. The van der Waals surface area contributed by atoms with E-state index in [2.05, 4.69) is 15.9 Å². The van der Waals surface area contributed by atoms with Gasteiger partial charge in [0.25, 0.3) is 5.69 Å². The Kier molecular flexibility index (Phi) is 4.27. The molecular formula is C13H15BrN2O4. The number of rotatable bonds is 3. The molecule has 1 unspecified atom stereocenters. The van der Waals surface area contributed by atoms with Gasteiger partial charge in [-0.1, -0.05) is 0 Å². The van der Waals surface area contributed by atoms with E-state index < -0.39 is 16.9 Å². The lowest BCUT2D eigenvalue weighted by atomic mass is 10.0. The number of carboxylic acids is 1. The molecule has 0 aliphatic carbocycles. The molecule has 1 aromatic carbocycles. The summed E-state index contributed by atoms with van der Waals surface area (Å²) in [5, 5.41) is 20.2. The average Bonchev–Trinajstić information content (AvgIpc) is 2.40. The highest BCUT2D eigenvalue weighted by molar-refractivity contribution is 9.10. The van der Waals surface area contributed by atoms with Crippen molar-refractivity contribution in [3.8, 4) is 0 Å². The van der Waals surface area contributed by atoms with Crippen LogP contribution in [0, 0.1) is 17.0 Å². The highest BCUT2D eigenvalue weighted by Crippen LogP contribution is 2.36. The van der Waals surface area contributed by atoms with Gasteiger partial charge in [-0.3, -0.25) is 10.1 Å². The van der Waals surface area contributed by atoms with Gasteiger partial charge in [0.15, 0.2) is 0 Å². The fourth-order valence-corrected chi connectivity index (χ4v) is 3.11. The number of hydrogen-bond donors (Lipinski definition) is 1. The lowest BCUT2D eigenvalue weighted by molar-refractivity contribution is -0.385. The minimum absolute atomic E-state index is 0.0320. The molecule has 7 heteroatoms. The van der Waals surface area contributed by atoms with Crippen molar-refractivity contribution in [2.45, 2.75) is 32.2 Å². The Labute approximate surface area is 124 Å². The highest BCUT2D eigenvalue weighted by atomic mass is 79.9. The van der Waals surface area contributed by atoms with Crippen LogP contribution in [-0.2, 0) is 4.79 Å². The molecule has 2 rings (SSSR count). The molecule has 1 aromatic rings. The number of aryl methyl sites for hydroxylation is 1. The van der Waals surface area contributed by atoms with Crippen molar-refractivity contribution in [1.82, 2.24) is 0 Å². The molecule has 20 heavy (non-hydrogen) atoms. The lowest BCUT2D eigenvalue weighted by Gasteiger charge is -2.35. The number of carbonyl (C=O) groups is 1. The van der Waals surface area contributed by atoms with E-state index in [0.29, 0.717) is 28.7 Å². The highest BCUT2D eigenvalue weighted by Gasteiger charge is 2.30. The zero-order chi connectivity index (χ0) is 14.9. The van der Waals surface area contributed by atoms with Crippen LogP contribution in [0.1, 0.15) is 24.8 Å². The largest absolute Gasteiger partial charge is 0.480 e. The van der Waals surface area contributed by atoms with Crippen LogP contribution in [0.4, 0.5) is 11.4 Å². The molecule has 1 fully saturated rings. The molecule has 1 atom stereocenters. The molecule has 0 saturated carbocycles. The van der Waals surface area contributed by atoms with Gasteiger partial charge in [0.1, 0.15) is 6.04 Å². The van der Waals surface area contributed by atoms with E-state index in [1.54, 1.807) is 13.0 Å². The van der Waals surface area contributed by atoms with Gasteiger partial charge >= 0.3 is 5.97 Å². The molecule has 0 amide bonds. The van der Waals surface area contributed by atoms with Crippen LogP contribution in [0.15, 0.2) is 16.6 Å². The standard InChI is InChI=1S/C13H15BrN2O4/c1-8-6-12(9(14)7-11(8)16(19)20)15-5-3-2-4-10(15)13(17)18/h6-7,10H,2-5H2,1H3,(H,17,18). The predicted octanol–water partition coefficient (Wildman–Crippen LogP) is 3.11. The normalized spacial score (nSPS) is 18.9. The van der Waals surface area contributed by atoms with Crippen LogP contribution in [-0.4, -0.2) is 28.6 Å². The second-order valence-corrected chi connectivity index (χ2v) is 5.74. The van der Waals surface area contributed by atoms with E-state index in [1.165, 1.54) is 6.07 Å². The predicted molar refractivity (Wildman–Crippen MR) is 78.2 cm³/mol. The number of nitrogens with zero attached hydrogens (tertiary/aromatic N) is 2. The second kappa shape index (κ2) is 5.78. The number of halogens is 1. The van der Waals surface area contributed by atoms with Crippen molar-refractivity contribution >= 4 is 33.3 Å². The van der Waals surface area contributed by atoms with Crippen LogP contribution in [0.25, 0.3) is 0 Å². The summed E-state index contributed by atoms with van der Waals surface area (Å²) in [4.78, 5) is 23.6. The minimum atomic E-state index is -0.854. The zero-order valence-corrected chi connectivity index (χ0v) is 12.6. The molecule has 1 aliphatic rings. The molecular weight excluding hydrogens is 328 g/mol. The van der Waals surface area contributed by atoms with E-state index in [4.69, 9.17) is 0 Å². The topological polar surface area (TPSA) is 83.7 Å². The molecule has 0 aromatic heterocycles. The van der Waals surface area contributed by atoms with Gasteiger partial charge in [-0.15, -0.1) is 0 Å². The second-order valence-electron chi connectivity index (χ2n) is 4.89. The summed E-state index contributed by atoms with van der Waals surface area (Å²) in [6, 6.07) is 2.56. The molecule has 1 heterocycles. The van der Waals surface area contributed by atoms with Gasteiger partial charge in [-0.2, -0.15) is 0 Å². The third kappa shape index (κ3) is 2.77. The number of aliphatic carboxylic acids is 1. The first-order chi connectivity index (χ1) is 9.41. The molecule has 1 aliphatic heterocycles. The van der Waals surface area contributed by atoms with Crippen molar-refractivity contribution < 1.29 is 14.8 Å². The molecule has 6 nitrogen and oxygen atoms in total. The van der Waals surface area contributed by atoms with E-state index in [1.807, 2.05) is 4.90 Å². The fraction of sp³-hybridized carbons (Fsp3) is 0.462. The number of piperidine rings is 1. The van der Waals surface area contributed by atoms with Gasteiger partial charge < -0.3 is 10.0 Å². The fourth-order valence-electron chi connectivity index (χ4n) is 2.55. The molecule has 0 bridgehead atoms. The Morgan fingerprint density at radius 2 is 2.20 bits per heavy atom. The van der Waals surface area contributed by atoms with E-state index >= 15 is 0 Å². The number of nitro groups is 1.